The molecule has 5 saturated heterocycles. The quantitative estimate of drug-likeness (QED) is 0.0998. The van der Waals surface area contributed by atoms with Gasteiger partial charge in [-0.3, -0.25) is 39.3 Å². The van der Waals surface area contributed by atoms with E-state index in [0.717, 1.165) is 67.3 Å². The van der Waals surface area contributed by atoms with Gasteiger partial charge in [-0.05, 0) is 112 Å². The second-order valence-electron chi connectivity index (χ2n) is 19.7. The maximum Gasteiger partial charge on any atom is 0.409 e. The standard InChI is InChI=1S/C27H35N5O6.C26H26FN5O2/c1-18(4-9-24(34)28-17-33)32-25(35)22-8-7-20(15-23(22)26(32)36)29-11-13-30(14-12-29)27(37)38-16-21-6-5-19-3-2-10-31(19)21;1-3-14-5-4-6-15-9-18(33)10-19(21(14)15)23-22(27)24-20(11-28-23)25(31-26(30-24)34-2)32-12-16-7-8-17(13-32)29-16/h7-8,15,17-19,21H,2-6,9-14,16H2,1H3,(H,28,33,34);4-6,9-11,16-17,29,33H,3,7-8,12-13H2,1-2H3. The van der Waals surface area contributed by atoms with Crippen molar-refractivity contribution in [1.82, 2.24) is 40.3 Å². The number of methoxy groups -OCH3 is 1. The molecule has 72 heavy (non-hydrogen) atoms. The molecule has 6 aliphatic heterocycles. The molecule has 3 N–H and O–H groups in total. The van der Waals surface area contributed by atoms with Crippen LogP contribution >= 0.6 is 0 Å². The number of rotatable bonds is 12. The molecule has 5 amide bonds. The van der Waals surface area contributed by atoms with Gasteiger partial charge in [0.05, 0.1) is 23.6 Å². The first-order valence-corrected chi connectivity index (χ1v) is 25.3. The van der Waals surface area contributed by atoms with Crippen molar-refractivity contribution in [3.8, 4) is 23.0 Å². The fourth-order valence-electron chi connectivity index (χ4n) is 11.7. The first-order chi connectivity index (χ1) is 34.9. The number of amides is 5. The Morgan fingerprint density at radius 1 is 0.931 bits per heavy atom. The largest absolute Gasteiger partial charge is 0.508 e. The van der Waals surface area contributed by atoms with Gasteiger partial charge in [0, 0.05) is 93.3 Å². The summed E-state index contributed by atoms with van der Waals surface area (Å²) in [5.41, 5.74) is 3.44. The molecule has 5 fully saturated rings. The van der Waals surface area contributed by atoms with E-state index in [2.05, 4.69) is 47.2 Å². The molecule has 2 aromatic heterocycles. The summed E-state index contributed by atoms with van der Waals surface area (Å²) in [5, 5.41) is 18.3. The van der Waals surface area contributed by atoms with Crippen LogP contribution in [0.1, 0.15) is 91.5 Å². The number of halogens is 1. The minimum Gasteiger partial charge on any atom is -0.508 e. The summed E-state index contributed by atoms with van der Waals surface area (Å²) in [6.45, 7) is 9.16. The zero-order chi connectivity index (χ0) is 50.2. The van der Waals surface area contributed by atoms with Crippen molar-refractivity contribution in [3.05, 3.63) is 77.2 Å². The third-order valence-corrected chi connectivity index (χ3v) is 15.4. The average molecular weight is 985 g/mol. The number of aromatic hydroxyl groups is 1. The van der Waals surface area contributed by atoms with Crippen LogP contribution in [-0.2, 0) is 20.7 Å². The van der Waals surface area contributed by atoms with Crippen LogP contribution in [0.3, 0.4) is 0 Å². The van der Waals surface area contributed by atoms with E-state index >= 15 is 4.39 Å². The van der Waals surface area contributed by atoms with E-state index in [0.29, 0.717) is 91.3 Å². The highest BCUT2D eigenvalue weighted by molar-refractivity contribution is 6.22. The molecule has 8 heterocycles. The Kier molecular flexibility index (Phi) is 13.9. The van der Waals surface area contributed by atoms with Gasteiger partial charge in [0.1, 0.15) is 29.4 Å². The Morgan fingerprint density at radius 3 is 2.46 bits per heavy atom. The molecule has 378 valence electrons. The molecule has 3 aromatic carbocycles. The smallest absolute Gasteiger partial charge is 0.409 e. The zero-order valence-corrected chi connectivity index (χ0v) is 40.9. The van der Waals surface area contributed by atoms with E-state index in [1.807, 2.05) is 24.3 Å². The van der Waals surface area contributed by atoms with Gasteiger partial charge in [-0.15, -0.1) is 0 Å². The number of phenolic OH excluding ortho intramolecular Hbond substituents is 1. The SMILES string of the molecule is CC(CCC(=O)NC=O)N1C(=O)c2ccc(N3CCN(C(=O)OCC4CCC5CCCN54)CC3)cc2C1=O.CCc1cccc2cc(O)cc(-c3ncc4c(N5CC6CCC(C5)N6)nc(OC)nc4c3F)c12. The lowest BCUT2D eigenvalue weighted by molar-refractivity contribution is -0.125. The van der Waals surface area contributed by atoms with Gasteiger partial charge in [0.25, 0.3) is 11.8 Å². The molecule has 5 atom stereocenters. The minimum atomic E-state index is -0.546. The highest BCUT2D eigenvalue weighted by Crippen LogP contribution is 2.39. The van der Waals surface area contributed by atoms with E-state index in [1.54, 1.807) is 42.3 Å². The molecule has 0 aliphatic carbocycles. The van der Waals surface area contributed by atoms with E-state index in [4.69, 9.17) is 9.47 Å². The van der Waals surface area contributed by atoms with Crippen LogP contribution in [0.4, 0.5) is 20.7 Å². The summed E-state index contributed by atoms with van der Waals surface area (Å²) in [7, 11) is 1.49. The molecular weight excluding hydrogens is 924 g/mol. The highest BCUT2D eigenvalue weighted by atomic mass is 19.1. The average Bonchev–Trinajstić information content (AvgIpc) is 4.17. The van der Waals surface area contributed by atoms with Gasteiger partial charge in [0.2, 0.25) is 12.3 Å². The van der Waals surface area contributed by atoms with Gasteiger partial charge >= 0.3 is 12.1 Å². The number of hydrogen-bond donors (Lipinski definition) is 3. The normalized spacial score (nSPS) is 21.9. The van der Waals surface area contributed by atoms with E-state index < -0.39 is 17.8 Å². The van der Waals surface area contributed by atoms with Crippen LogP contribution < -0.4 is 25.2 Å². The second kappa shape index (κ2) is 20.6. The number of ether oxygens (including phenoxy) is 2. The predicted octanol–water partition coefficient (Wildman–Crippen LogP) is 5.81. The number of piperazine rings is 2. The topological polar surface area (TPSA) is 203 Å². The van der Waals surface area contributed by atoms with Gasteiger partial charge in [0.15, 0.2) is 5.82 Å². The lowest BCUT2D eigenvalue weighted by Crippen LogP contribution is -2.51. The van der Waals surface area contributed by atoms with Gasteiger partial charge in [-0.1, -0.05) is 25.1 Å². The number of aromatic nitrogens is 3. The molecule has 11 rings (SSSR count). The summed E-state index contributed by atoms with van der Waals surface area (Å²) in [6.07, 6.45) is 9.80. The Morgan fingerprint density at radius 2 is 1.71 bits per heavy atom. The van der Waals surface area contributed by atoms with Crippen LogP contribution in [0.5, 0.6) is 11.8 Å². The number of benzene rings is 3. The van der Waals surface area contributed by atoms with Crippen molar-refractivity contribution in [2.24, 2.45) is 0 Å². The monoisotopic (exact) mass is 984 g/mol. The third-order valence-electron chi connectivity index (χ3n) is 15.4. The summed E-state index contributed by atoms with van der Waals surface area (Å²) >= 11 is 0. The van der Waals surface area contributed by atoms with Gasteiger partial charge < -0.3 is 34.6 Å². The summed E-state index contributed by atoms with van der Waals surface area (Å²) in [6, 6.07) is 15.8. The maximum absolute atomic E-state index is 16.2. The number of fused-ring (bicyclic) bond motifs is 6. The van der Waals surface area contributed by atoms with Crippen molar-refractivity contribution >= 4 is 63.4 Å². The third kappa shape index (κ3) is 9.46. The number of phenols is 1. The number of carbonyl (C=O) groups excluding carboxylic acids is 5. The number of carbonyl (C=O) groups is 5. The van der Waals surface area contributed by atoms with Crippen LogP contribution in [-0.4, -0.2) is 155 Å². The van der Waals surface area contributed by atoms with Crippen molar-refractivity contribution in [2.45, 2.75) is 102 Å². The fourth-order valence-corrected chi connectivity index (χ4v) is 11.7. The molecule has 19 heteroatoms. The van der Waals surface area contributed by atoms with E-state index in [9.17, 15) is 29.1 Å². The molecule has 2 bridgehead atoms. The molecule has 0 radical (unpaired) electrons. The Hall–Kier alpha value is -6.99. The van der Waals surface area contributed by atoms with Crippen LogP contribution in [0.25, 0.3) is 32.9 Å². The van der Waals surface area contributed by atoms with Crippen LogP contribution in [0.15, 0.2) is 54.7 Å². The first-order valence-electron chi connectivity index (χ1n) is 25.3. The Balaban J connectivity index is 0.000000167. The van der Waals surface area contributed by atoms with E-state index in [-0.39, 0.29) is 53.7 Å². The number of nitrogens with zero attached hydrogens (tertiary/aromatic N) is 8. The van der Waals surface area contributed by atoms with Crippen molar-refractivity contribution in [2.75, 3.05) is 69.3 Å². The zero-order valence-electron chi connectivity index (χ0n) is 40.9. The Bertz CT molecular complexity index is 2920. The molecule has 5 aromatic rings. The van der Waals surface area contributed by atoms with Crippen molar-refractivity contribution in [3.63, 3.8) is 0 Å². The van der Waals surface area contributed by atoms with E-state index in [1.165, 1.54) is 31.3 Å². The summed E-state index contributed by atoms with van der Waals surface area (Å²) in [4.78, 5) is 84.0. The minimum absolute atomic E-state index is 0.0324. The highest BCUT2D eigenvalue weighted by Gasteiger charge is 2.40. The number of hydrogen-bond acceptors (Lipinski definition) is 15. The molecular formula is C53H61FN10O8. The molecule has 0 saturated carbocycles. The molecule has 5 unspecified atom stereocenters. The lowest BCUT2D eigenvalue weighted by atomic mass is 9.95. The molecule has 6 aliphatic rings. The van der Waals surface area contributed by atoms with Gasteiger partial charge in [-0.2, -0.15) is 9.97 Å². The number of aryl methyl sites for hydroxylation is 1. The van der Waals surface area contributed by atoms with Crippen LogP contribution in [0.2, 0.25) is 0 Å². The number of nitrogens with one attached hydrogen (secondary N) is 2. The van der Waals surface area contributed by atoms with Gasteiger partial charge in [-0.25, -0.2) is 9.18 Å². The van der Waals surface area contributed by atoms with Crippen molar-refractivity contribution in [1.29, 1.82) is 0 Å². The van der Waals surface area contributed by atoms with Crippen molar-refractivity contribution < 1.29 is 42.9 Å². The summed E-state index contributed by atoms with van der Waals surface area (Å²) in [5.74, 6) is -1.05. The second-order valence-corrected chi connectivity index (χ2v) is 19.7. The van der Waals surface area contributed by atoms with Crippen LogP contribution in [0, 0.1) is 5.82 Å². The fraction of sp³-hybridized carbons (Fsp3) is 0.472. The molecule has 0 spiro atoms. The number of pyridine rings is 1. The molecule has 18 nitrogen and oxygen atoms in total. The summed E-state index contributed by atoms with van der Waals surface area (Å²) < 4.78 is 27.2. The Labute approximate surface area is 416 Å². The number of anilines is 2. The predicted molar refractivity (Wildman–Crippen MR) is 268 cm³/mol. The number of imide groups is 2. The maximum atomic E-state index is 16.2. The lowest BCUT2D eigenvalue weighted by Gasteiger charge is -2.36. The first kappa shape index (κ1) is 48.6.